The number of hydrogen-bond donors (Lipinski definition) is 1. The van der Waals surface area contributed by atoms with Crippen molar-refractivity contribution in [3.05, 3.63) is 58.1 Å². The van der Waals surface area contributed by atoms with Crippen molar-refractivity contribution in [2.24, 2.45) is 0 Å². The highest BCUT2D eigenvalue weighted by molar-refractivity contribution is 6.35. The number of amides is 2. The van der Waals surface area contributed by atoms with Crippen LogP contribution in [-0.2, 0) is 16.0 Å². The minimum atomic E-state index is -0.748. The van der Waals surface area contributed by atoms with Crippen molar-refractivity contribution in [1.82, 2.24) is 4.90 Å². The third-order valence-electron chi connectivity index (χ3n) is 3.89. The summed E-state index contributed by atoms with van der Waals surface area (Å²) < 4.78 is 5.62. The topological polar surface area (TPSA) is 58.6 Å². The smallest absolute Gasteiger partial charge is 0.265 e. The number of rotatable bonds is 7. The van der Waals surface area contributed by atoms with Crippen molar-refractivity contribution in [2.75, 3.05) is 19.4 Å². The zero-order valence-electron chi connectivity index (χ0n) is 15.5. The van der Waals surface area contributed by atoms with Gasteiger partial charge in [-0.2, -0.15) is 0 Å². The van der Waals surface area contributed by atoms with E-state index in [1.807, 2.05) is 18.2 Å². The fraction of sp³-hybridized carbons (Fsp3) is 0.300. The summed E-state index contributed by atoms with van der Waals surface area (Å²) in [7, 11) is 3.46. The largest absolute Gasteiger partial charge is 0.479 e. The molecule has 1 unspecified atom stereocenters. The zero-order chi connectivity index (χ0) is 20.0. The maximum atomic E-state index is 12.4. The molecule has 27 heavy (non-hydrogen) atoms. The van der Waals surface area contributed by atoms with Crippen LogP contribution in [-0.4, -0.2) is 36.9 Å². The van der Waals surface area contributed by atoms with E-state index in [4.69, 9.17) is 27.9 Å². The van der Waals surface area contributed by atoms with Crippen LogP contribution in [0, 0.1) is 0 Å². The van der Waals surface area contributed by atoms with Crippen LogP contribution >= 0.6 is 23.2 Å². The minimum absolute atomic E-state index is 0.0614. The molecule has 0 saturated carbocycles. The third-order valence-corrected chi connectivity index (χ3v) is 4.42. The van der Waals surface area contributed by atoms with Gasteiger partial charge in [-0.25, -0.2) is 0 Å². The number of hydrogen-bond acceptors (Lipinski definition) is 3. The number of halogens is 2. The number of benzene rings is 2. The molecular weight excluding hydrogens is 387 g/mol. The molecule has 2 amide bonds. The lowest BCUT2D eigenvalue weighted by atomic mass is 10.1. The second-order valence-corrected chi connectivity index (χ2v) is 7.16. The van der Waals surface area contributed by atoms with E-state index in [2.05, 4.69) is 5.32 Å². The van der Waals surface area contributed by atoms with Gasteiger partial charge in [0.1, 0.15) is 5.75 Å². The van der Waals surface area contributed by atoms with Gasteiger partial charge in [0.25, 0.3) is 5.91 Å². The van der Waals surface area contributed by atoms with E-state index >= 15 is 0 Å². The molecule has 0 fully saturated rings. The first-order chi connectivity index (χ1) is 12.8. The highest BCUT2D eigenvalue weighted by Crippen LogP contribution is 2.28. The Morgan fingerprint density at radius 1 is 1.15 bits per heavy atom. The summed E-state index contributed by atoms with van der Waals surface area (Å²) in [5, 5.41) is 3.65. The van der Waals surface area contributed by atoms with Gasteiger partial charge in [0.05, 0.1) is 5.02 Å². The van der Waals surface area contributed by atoms with Gasteiger partial charge >= 0.3 is 0 Å². The van der Waals surface area contributed by atoms with Gasteiger partial charge in [0.15, 0.2) is 6.10 Å². The monoisotopic (exact) mass is 408 g/mol. The van der Waals surface area contributed by atoms with Crippen LogP contribution in [0.3, 0.4) is 0 Å². The van der Waals surface area contributed by atoms with Crippen LogP contribution in [0.2, 0.25) is 10.0 Å². The predicted molar refractivity (Wildman–Crippen MR) is 109 cm³/mol. The van der Waals surface area contributed by atoms with Crippen molar-refractivity contribution in [1.29, 1.82) is 0 Å². The maximum absolute atomic E-state index is 12.4. The Hall–Kier alpha value is -2.24. The summed E-state index contributed by atoms with van der Waals surface area (Å²) >= 11 is 11.9. The molecule has 0 spiro atoms. The van der Waals surface area contributed by atoms with Gasteiger partial charge in [-0.1, -0.05) is 35.3 Å². The van der Waals surface area contributed by atoms with E-state index in [1.165, 1.54) is 0 Å². The number of nitrogens with zero attached hydrogens (tertiary/aromatic N) is 1. The molecule has 5 nitrogen and oxygen atoms in total. The molecule has 0 aliphatic heterocycles. The molecule has 0 saturated heterocycles. The van der Waals surface area contributed by atoms with Crippen LogP contribution in [0.15, 0.2) is 42.5 Å². The molecule has 2 aromatic carbocycles. The second kappa shape index (κ2) is 9.62. The van der Waals surface area contributed by atoms with Crippen LogP contribution in [0.1, 0.15) is 18.9 Å². The summed E-state index contributed by atoms with van der Waals surface area (Å²) in [6.07, 6.45) is 0.272. The summed E-state index contributed by atoms with van der Waals surface area (Å²) in [5.74, 6) is 0.147. The molecule has 1 N–H and O–H groups in total. The van der Waals surface area contributed by atoms with Crippen LogP contribution in [0.5, 0.6) is 5.75 Å². The van der Waals surface area contributed by atoms with E-state index < -0.39 is 6.10 Å². The van der Waals surface area contributed by atoms with Crippen molar-refractivity contribution < 1.29 is 14.3 Å². The van der Waals surface area contributed by atoms with Crippen molar-refractivity contribution in [2.45, 2.75) is 25.9 Å². The molecule has 7 heteroatoms. The number of anilines is 1. The number of ether oxygens (including phenoxy) is 1. The Labute approximate surface area is 169 Å². The molecule has 0 radical (unpaired) electrons. The Bertz CT molecular complexity index is 825. The molecule has 2 aromatic rings. The maximum Gasteiger partial charge on any atom is 0.265 e. The summed E-state index contributed by atoms with van der Waals surface area (Å²) in [6, 6.07) is 12.2. The molecule has 144 valence electrons. The Kier molecular flexibility index (Phi) is 7.51. The summed E-state index contributed by atoms with van der Waals surface area (Å²) in [4.78, 5) is 25.7. The van der Waals surface area contributed by atoms with Crippen molar-refractivity contribution in [3.8, 4) is 5.75 Å². The Morgan fingerprint density at radius 2 is 1.89 bits per heavy atom. The first-order valence-electron chi connectivity index (χ1n) is 8.48. The molecule has 2 rings (SSSR count). The van der Waals surface area contributed by atoms with Gasteiger partial charge in [-0.05, 0) is 49.2 Å². The minimum Gasteiger partial charge on any atom is -0.479 e. The van der Waals surface area contributed by atoms with Gasteiger partial charge in [0, 0.05) is 31.2 Å². The molecule has 0 aromatic heterocycles. The van der Waals surface area contributed by atoms with Gasteiger partial charge < -0.3 is 15.0 Å². The Morgan fingerprint density at radius 3 is 2.56 bits per heavy atom. The van der Waals surface area contributed by atoms with E-state index in [1.54, 1.807) is 50.2 Å². The average molecular weight is 409 g/mol. The molecule has 0 aliphatic rings. The van der Waals surface area contributed by atoms with E-state index in [9.17, 15) is 9.59 Å². The second-order valence-electron chi connectivity index (χ2n) is 6.31. The van der Waals surface area contributed by atoms with Gasteiger partial charge in [-0.15, -0.1) is 0 Å². The lowest BCUT2D eigenvalue weighted by Crippen LogP contribution is -2.30. The van der Waals surface area contributed by atoms with E-state index in [0.717, 1.165) is 5.56 Å². The SMILES string of the molecule is CC(Oc1ccc(Cl)cc1Cl)C(=O)Nc1cccc(CCC(=O)N(C)C)c1. The van der Waals surface area contributed by atoms with Crippen molar-refractivity contribution in [3.63, 3.8) is 0 Å². The van der Waals surface area contributed by atoms with Crippen molar-refractivity contribution >= 4 is 40.7 Å². The number of carbonyl (C=O) groups excluding carboxylic acids is 2. The van der Waals surface area contributed by atoms with E-state index in [-0.39, 0.29) is 11.8 Å². The standard InChI is InChI=1S/C20H22Cl2N2O3/c1-13(27-18-9-8-15(21)12-17(18)22)20(26)23-16-6-4-5-14(11-16)7-10-19(25)24(2)3/h4-6,8-9,11-13H,7,10H2,1-3H3,(H,23,26). The van der Waals surface area contributed by atoms with Crippen LogP contribution in [0.4, 0.5) is 5.69 Å². The molecule has 1 atom stereocenters. The fourth-order valence-electron chi connectivity index (χ4n) is 2.34. The highest BCUT2D eigenvalue weighted by Gasteiger charge is 2.17. The molecular formula is C20H22Cl2N2O3. The number of nitrogens with one attached hydrogen (secondary N) is 1. The normalized spacial score (nSPS) is 11.6. The molecule has 0 heterocycles. The number of aryl methyl sites for hydroxylation is 1. The zero-order valence-corrected chi connectivity index (χ0v) is 17.0. The average Bonchev–Trinajstić information content (AvgIpc) is 2.62. The fourth-order valence-corrected chi connectivity index (χ4v) is 2.79. The van der Waals surface area contributed by atoms with E-state index in [0.29, 0.717) is 34.3 Å². The molecule has 0 bridgehead atoms. The predicted octanol–water partition coefficient (Wildman–Crippen LogP) is 4.42. The lowest BCUT2D eigenvalue weighted by molar-refractivity contribution is -0.128. The molecule has 0 aliphatic carbocycles. The third kappa shape index (κ3) is 6.45. The van der Waals surface area contributed by atoms with Gasteiger partial charge in [-0.3, -0.25) is 9.59 Å². The summed E-state index contributed by atoms with van der Waals surface area (Å²) in [5.41, 5.74) is 1.62. The van der Waals surface area contributed by atoms with Crippen LogP contribution in [0.25, 0.3) is 0 Å². The first-order valence-corrected chi connectivity index (χ1v) is 9.23. The first kappa shape index (κ1) is 21.1. The number of carbonyl (C=O) groups is 2. The highest BCUT2D eigenvalue weighted by atomic mass is 35.5. The quantitative estimate of drug-likeness (QED) is 0.737. The Balaban J connectivity index is 1.96. The lowest BCUT2D eigenvalue weighted by Gasteiger charge is -2.16. The summed E-state index contributed by atoms with van der Waals surface area (Å²) in [6.45, 7) is 1.64. The van der Waals surface area contributed by atoms with Crippen LogP contribution < -0.4 is 10.1 Å². The van der Waals surface area contributed by atoms with Gasteiger partial charge in [0.2, 0.25) is 5.91 Å².